The highest BCUT2D eigenvalue weighted by Gasteiger charge is 2.34. The van der Waals surface area contributed by atoms with E-state index >= 15 is 0 Å². The van der Waals surface area contributed by atoms with E-state index in [-0.39, 0.29) is 18.5 Å². The van der Waals surface area contributed by atoms with Crippen molar-refractivity contribution in [1.29, 1.82) is 0 Å². The lowest BCUT2D eigenvalue weighted by Gasteiger charge is -2.24. The SMILES string of the molecule is C=CCC.Cc1cccc2c1CN(SC(F)(F)F)CCN2Cc1cn2ccnc2[nH]1. The number of rotatable bonds is 4. The molecule has 0 unspecified atom stereocenters. The predicted octanol–water partition coefficient (Wildman–Crippen LogP) is 5.54. The Hall–Kier alpha value is -2.39. The van der Waals surface area contributed by atoms with E-state index in [0.29, 0.717) is 19.6 Å². The van der Waals surface area contributed by atoms with Crippen LogP contribution in [0.15, 0.2) is 49.4 Å². The summed E-state index contributed by atoms with van der Waals surface area (Å²) in [7, 11) is 0. The van der Waals surface area contributed by atoms with Gasteiger partial charge in [-0.2, -0.15) is 13.2 Å². The standard InChI is InChI=1S/C17H18F3N5S.C4H8/c1-12-3-2-4-15-14(12)11-25(26-17(18,19)20)8-7-23(15)9-13-10-24-6-5-21-16(24)22-13;1-3-4-2/h2-6,10H,7-9,11H2,1H3,(H,21,22);3H,1,4H2,2H3. The topological polar surface area (TPSA) is 39.6 Å². The molecule has 5 nitrogen and oxygen atoms in total. The summed E-state index contributed by atoms with van der Waals surface area (Å²) in [4.78, 5) is 9.59. The van der Waals surface area contributed by atoms with Gasteiger partial charge in [0.2, 0.25) is 5.78 Å². The van der Waals surface area contributed by atoms with Gasteiger partial charge in [-0.1, -0.05) is 25.1 Å². The molecule has 1 aromatic carbocycles. The zero-order valence-corrected chi connectivity index (χ0v) is 17.9. The summed E-state index contributed by atoms with van der Waals surface area (Å²) < 4.78 is 41.9. The summed E-state index contributed by atoms with van der Waals surface area (Å²) in [6, 6.07) is 5.88. The molecule has 0 amide bonds. The average Bonchev–Trinajstić information content (AvgIpc) is 3.22. The van der Waals surface area contributed by atoms with Gasteiger partial charge in [-0.05, 0) is 30.5 Å². The molecule has 4 rings (SSSR count). The summed E-state index contributed by atoms with van der Waals surface area (Å²) in [6.07, 6.45) is 8.49. The zero-order valence-electron chi connectivity index (χ0n) is 17.1. The minimum atomic E-state index is -4.28. The Labute approximate surface area is 178 Å². The van der Waals surface area contributed by atoms with Crippen molar-refractivity contribution in [3.05, 3.63) is 66.3 Å². The van der Waals surface area contributed by atoms with Gasteiger partial charge in [-0.25, -0.2) is 9.29 Å². The van der Waals surface area contributed by atoms with Gasteiger partial charge in [0.05, 0.1) is 12.2 Å². The van der Waals surface area contributed by atoms with Crippen LogP contribution in [0.5, 0.6) is 0 Å². The van der Waals surface area contributed by atoms with Gasteiger partial charge in [0, 0.05) is 55.9 Å². The normalized spacial score (nSPS) is 14.8. The lowest BCUT2D eigenvalue weighted by atomic mass is 10.1. The molecule has 0 bridgehead atoms. The van der Waals surface area contributed by atoms with Gasteiger partial charge >= 0.3 is 5.51 Å². The average molecular weight is 438 g/mol. The number of anilines is 1. The van der Waals surface area contributed by atoms with Gasteiger partial charge < -0.3 is 9.88 Å². The fourth-order valence-corrected chi connectivity index (χ4v) is 3.99. The highest BCUT2D eigenvalue weighted by molar-refractivity contribution is 7.97. The van der Waals surface area contributed by atoms with Gasteiger partial charge in [0.25, 0.3) is 0 Å². The summed E-state index contributed by atoms with van der Waals surface area (Å²) in [5, 5.41) is 0. The molecule has 1 N–H and O–H groups in total. The molecule has 0 fully saturated rings. The van der Waals surface area contributed by atoms with Gasteiger partial charge in [-0.3, -0.25) is 4.40 Å². The van der Waals surface area contributed by atoms with E-state index in [0.717, 1.165) is 34.7 Å². The quantitative estimate of drug-likeness (QED) is 0.430. The number of nitrogens with zero attached hydrogens (tertiary/aromatic N) is 4. The number of benzene rings is 1. The third-order valence-electron chi connectivity index (χ3n) is 4.80. The summed E-state index contributed by atoms with van der Waals surface area (Å²) in [5.74, 6) is 0.758. The number of alkyl halides is 3. The van der Waals surface area contributed by atoms with Gasteiger partial charge in [0.1, 0.15) is 0 Å². The number of hydrogen-bond donors (Lipinski definition) is 1. The summed E-state index contributed by atoms with van der Waals surface area (Å²) in [6.45, 7) is 9.19. The molecule has 0 saturated heterocycles. The van der Waals surface area contributed by atoms with Crippen LogP contribution in [-0.4, -0.2) is 37.3 Å². The third-order valence-corrected chi connectivity index (χ3v) is 5.58. The fraction of sp³-hybridized carbons (Fsp3) is 0.381. The minimum absolute atomic E-state index is 0.0384. The number of fused-ring (bicyclic) bond motifs is 2. The molecule has 0 spiro atoms. The monoisotopic (exact) mass is 437 g/mol. The van der Waals surface area contributed by atoms with Crippen molar-refractivity contribution in [3.63, 3.8) is 0 Å². The van der Waals surface area contributed by atoms with Crippen molar-refractivity contribution in [2.45, 2.75) is 38.9 Å². The zero-order chi connectivity index (χ0) is 21.7. The molecular weight excluding hydrogens is 411 g/mol. The number of aryl methyl sites for hydroxylation is 1. The van der Waals surface area contributed by atoms with E-state index in [4.69, 9.17) is 0 Å². The first kappa shape index (κ1) is 22.3. The summed E-state index contributed by atoms with van der Waals surface area (Å²) >= 11 is -0.0384. The Morgan fingerprint density at radius 2 is 2.07 bits per heavy atom. The van der Waals surface area contributed by atoms with Gasteiger partial charge in [-0.15, -0.1) is 6.58 Å². The van der Waals surface area contributed by atoms with Crippen LogP contribution in [0.2, 0.25) is 0 Å². The lowest BCUT2D eigenvalue weighted by molar-refractivity contribution is -0.0363. The molecule has 0 atom stereocenters. The molecule has 1 aliphatic rings. The predicted molar refractivity (Wildman–Crippen MR) is 116 cm³/mol. The highest BCUT2D eigenvalue weighted by atomic mass is 32.2. The molecule has 2 aromatic heterocycles. The maximum absolute atomic E-state index is 12.9. The number of nitrogens with one attached hydrogen (secondary N) is 1. The van der Waals surface area contributed by atoms with E-state index in [1.54, 1.807) is 6.20 Å². The Morgan fingerprint density at radius 1 is 1.30 bits per heavy atom. The van der Waals surface area contributed by atoms with Crippen LogP contribution in [-0.2, 0) is 13.1 Å². The second-order valence-corrected chi connectivity index (χ2v) is 8.19. The Morgan fingerprint density at radius 3 is 2.73 bits per heavy atom. The van der Waals surface area contributed by atoms with Crippen LogP contribution in [0.25, 0.3) is 5.78 Å². The minimum Gasteiger partial charge on any atom is -0.364 e. The van der Waals surface area contributed by atoms with E-state index in [1.807, 2.05) is 48.0 Å². The van der Waals surface area contributed by atoms with Crippen molar-refractivity contribution in [1.82, 2.24) is 18.7 Å². The number of allylic oxidation sites excluding steroid dienone is 1. The molecule has 0 saturated carbocycles. The van der Waals surface area contributed by atoms with Crippen molar-refractivity contribution in [3.8, 4) is 0 Å². The number of halogens is 3. The van der Waals surface area contributed by atoms with E-state index in [9.17, 15) is 13.2 Å². The van der Waals surface area contributed by atoms with E-state index in [1.165, 1.54) is 4.31 Å². The van der Waals surface area contributed by atoms with E-state index < -0.39 is 5.51 Å². The number of aromatic amines is 1. The van der Waals surface area contributed by atoms with Crippen LogP contribution < -0.4 is 4.90 Å². The second-order valence-electron chi connectivity index (χ2n) is 7.03. The van der Waals surface area contributed by atoms with Crippen LogP contribution >= 0.6 is 11.9 Å². The molecule has 9 heteroatoms. The first-order chi connectivity index (χ1) is 14.3. The third kappa shape index (κ3) is 5.60. The van der Waals surface area contributed by atoms with Crippen LogP contribution in [0, 0.1) is 6.92 Å². The maximum Gasteiger partial charge on any atom is 0.456 e. The molecule has 0 radical (unpaired) electrons. The fourth-order valence-electron chi connectivity index (χ4n) is 3.33. The van der Waals surface area contributed by atoms with Crippen molar-refractivity contribution < 1.29 is 13.2 Å². The smallest absolute Gasteiger partial charge is 0.364 e. The molecule has 3 aromatic rings. The van der Waals surface area contributed by atoms with Crippen molar-refractivity contribution in [2.75, 3.05) is 18.0 Å². The Bertz CT molecular complexity index is 950. The Kier molecular flexibility index (Phi) is 7.14. The van der Waals surface area contributed by atoms with Crippen LogP contribution in [0.3, 0.4) is 0 Å². The number of aromatic nitrogens is 3. The maximum atomic E-state index is 12.9. The molecular formula is C21H26F3N5S. The van der Waals surface area contributed by atoms with Gasteiger partial charge in [0.15, 0.2) is 0 Å². The highest BCUT2D eigenvalue weighted by Crippen LogP contribution is 2.37. The lowest BCUT2D eigenvalue weighted by Crippen LogP contribution is -2.29. The molecule has 0 aliphatic carbocycles. The molecule has 3 heterocycles. The number of imidazole rings is 2. The molecule has 1 aliphatic heterocycles. The van der Waals surface area contributed by atoms with Crippen molar-refractivity contribution in [2.24, 2.45) is 0 Å². The molecule has 162 valence electrons. The summed E-state index contributed by atoms with van der Waals surface area (Å²) in [5.41, 5.74) is -0.371. The first-order valence-corrected chi connectivity index (χ1v) is 10.5. The Balaban J connectivity index is 0.000000589. The largest absolute Gasteiger partial charge is 0.456 e. The first-order valence-electron chi connectivity index (χ1n) is 9.76. The van der Waals surface area contributed by atoms with E-state index in [2.05, 4.69) is 28.4 Å². The second kappa shape index (κ2) is 9.61. The van der Waals surface area contributed by atoms with Crippen LogP contribution in [0.4, 0.5) is 18.9 Å². The number of hydrogen-bond acceptors (Lipinski definition) is 4. The molecule has 30 heavy (non-hydrogen) atoms. The van der Waals surface area contributed by atoms with Crippen LogP contribution in [0.1, 0.15) is 30.2 Å². The number of H-pyrrole nitrogens is 1. The van der Waals surface area contributed by atoms with Crippen molar-refractivity contribution >= 4 is 23.4 Å².